The summed E-state index contributed by atoms with van der Waals surface area (Å²) >= 11 is 17.8. The Hall–Kier alpha value is -1.96. The summed E-state index contributed by atoms with van der Waals surface area (Å²) < 4.78 is 0. The van der Waals surface area contributed by atoms with Crippen LogP contribution < -0.4 is 11.2 Å². The molecule has 0 unspecified atom stereocenters. The Balaban J connectivity index is 2.39. The molecule has 1 aromatic carbocycles. The highest BCUT2D eigenvalue weighted by atomic mass is 35.5. The maximum atomic E-state index is 11.7. The van der Waals surface area contributed by atoms with E-state index in [1.54, 1.807) is 0 Å². The van der Waals surface area contributed by atoms with Gasteiger partial charge in [-0.25, -0.2) is 9.78 Å². The first kappa shape index (κ1) is 14.0. The molecule has 0 radical (unpaired) electrons. The minimum Gasteiger partial charge on any atom is -0.506 e. The van der Waals surface area contributed by atoms with Crippen molar-refractivity contribution in [1.29, 1.82) is 0 Å². The van der Waals surface area contributed by atoms with Crippen LogP contribution in [0.4, 0.5) is 0 Å². The summed E-state index contributed by atoms with van der Waals surface area (Å²) in [5, 5.41) is 10.1. The largest absolute Gasteiger partial charge is 0.506 e. The number of rotatable bonds is 1. The monoisotopic (exact) mass is 346 g/mol. The predicted molar refractivity (Wildman–Crippen MR) is 79.5 cm³/mol. The molecule has 0 atom stereocenters. The highest BCUT2D eigenvalue weighted by molar-refractivity contribution is 6.45. The van der Waals surface area contributed by atoms with Crippen molar-refractivity contribution in [3.05, 3.63) is 42.0 Å². The number of phenolic OH excluding ortho intramolecular Hbond substituents is 1. The first-order valence-corrected chi connectivity index (χ1v) is 6.61. The lowest BCUT2D eigenvalue weighted by Crippen LogP contribution is -2.21. The summed E-state index contributed by atoms with van der Waals surface area (Å²) in [6, 6.07) is 1.28. The molecule has 0 saturated heterocycles. The smallest absolute Gasteiger partial charge is 0.327 e. The molecule has 4 N–H and O–H groups in total. The van der Waals surface area contributed by atoms with Gasteiger partial charge in [0.2, 0.25) is 0 Å². The van der Waals surface area contributed by atoms with Crippen molar-refractivity contribution in [1.82, 2.24) is 19.9 Å². The molecule has 0 saturated carbocycles. The van der Waals surface area contributed by atoms with E-state index in [0.29, 0.717) is 0 Å². The summed E-state index contributed by atoms with van der Waals surface area (Å²) in [7, 11) is 0. The molecule has 2 aromatic heterocycles. The van der Waals surface area contributed by atoms with Gasteiger partial charge >= 0.3 is 5.69 Å². The molecule has 0 aliphatic rings. The van der Waals surface area contributed by atoms with Crippen molar-refractivity contribution in [2.45, 2.75) is 0 Å². The molecule has 108 valence electrons. The van der Waals surface area contributed by atoms with Gasteiger partial charge in [-0.1, -0.05) is 34.8 Å². The molecule has 0 amide bonds. The number of nitrogens with zero attached hydrogens (tertiary/aromatic N) is 1. The second kappa shape index (κ2) is 4.80. The van der Waals surface area contributed by atoms with Crippen molar-refractivity contribution < 1.29 is 5.11 Å². The van der Waals surface area contributed by atoms with Crippen LogP contribution in [0.2, 0.25) is 15.1 Å². The molecule has 0 fully saturated rings. The normalized spacial score (nSPS) is 11.2. The van der Waals surface area contributed by atoms with E-state index in [2.05, 4.69) is 15.0 Å². The van der Waals surface area contributed by atoms with E-state index in [0.717, 1.165) is 0 Å². The first-order chi connectivity index (χ1) is 9.88. The second-order valence-corrected chi connectivity index (χ2v) is 5.29. The third-order valence-corrected chi connectivity index (χ3v) is 3.85. The average molecular weight is 348 g/mol. The molecule has 7 nitrogen and oxygen atoms in total. The number of nitrogens with one attached hydrogen (secondary N) is 3. The Bertz CT molecular complexity index is 963. The van der Waals surface area contributed by atoms with Crippen molar-refractivity contribution >= 4 is 46.0 Å². The number of aromatic hydroxyl groups is 1. The summed E-state index contributed by atoms with van der Waals surface area (Å²) in [6.45, 7) is 0. The molecule has 0 spiro atoms. The van der Waals surface area contributed by atoms with E-state index in [4.69, 9.17) is 34.8 Å². The van der Waals surface area contributed by atoms with Crippen LogP contribution in [0, 0.1) is 0 Å². The van der Waals surface area contributed by atoms with Crippen molar-refractivity contribution in [2.24, 2.45) is 0 Å². The molecular formula is C11H5Cl3N4O3. The van der Waals surface area contributed by atoms with E-state index in [1.165, 1.54) is 6.07 Å². The van der Waals surface area contributed by atoms with Crippen LogP contribution in [0.5, 0.6) is 5.75 Å². The number of aromatic amines is 3. The number of aromatic nitrogens is 4. The topological polar surface area (TPSA) is 115 Å². The number of hydrogen-bond donors (Lipinski definition) is 4. The maximum absolute atomic E-state index is 11.7. The summed E-state index contributed by atoms with van der Waals surface area (Å²) in [4.78, 5) is 33.9. The summed E-state index contributed by atoms with van der Waals surface area (Å²) in [6.07, 6.45) is 0. The lowest BCUT2D eigenvalue weighted by molar-refractivity contribution is 0.477. The third-order valence-electron chi connectivity index (χ3n) is 2.77. The SMILES string of the molecule is O=c1[nH]c(=O)c2[nH]c(-c3c(O)c(Cl)cc(Cl)c3Cl)nc2[nH]1. The van der Waals surface area contributed by atoms with Crippen LogP contribution in [0.1, 0.15) is 0 Å². The average Bonchev–Trinajstić information content (AvgIpc) is 2.80. The minimum absolute atomic E-state index is 0.0106. The zero-order chi connectivity index (χ0) is 15.3. The molecule has 0 bridgehead atoms. The second-order valence-electron chi connectivity index (χ2n) is 4.10. The van der Waals surface area contributed by atoms with Gasteiger partial charge in [-0.15, -0.1) is 0 Å². The van der Waals surface area contributed by atoms with Gasteiger partial charge in [-0.2, -0.15) is 0 Å². The van der Waals surface area contributed by atoms with Crippen LogP contribution in [-0.2, 0) is 0 Å². The quantitative estimate of drug-likeness (QED) is 0.505. The fourth-order valence-corrected chi connectivity index (χ4v) is 2.55. The molecule has 10 heteroatoms. The number of halogens is 3. The van der Waals surface area contributed by atoms with Crippen molar-refractivity contribution in [3.8, 4) is 17.1 Å². The lowest BCUT2D eigenvalue weighted by Gasteiger charge is -2.07. The minimum atomic E-state index is -0.704. The highest BCUT2D eigenvalue weighted by Gasteiger charge is 2.20. The van der Waals surface area contributed by atoms with Crippen molar-refractivity contribution in [2.75, 3.05) is 0 Å². The van der Waals surface area contributed by atoms with Crippen LogP contribution in [0.3, 0.4) is 0 Å². The molecule has 3 rings (SSSR count). The Morgan fingerprint density at radius 1 is 1.05 bits per heavy atom. The predicted octanol–water partition coefficient (Wildman–Crippen LogP) is 2.27. The van der Waals surface area contributed by atoms with Crippen LogP contribution in [0.15, 0.2) is 15.7 Å². The number of benzene rings is 1. The van der Waals surface area contributed by atoms with Gasteiger partial charge < -0.3 is 10.1 Å². The molecule has 3 aromatic rings. The van der Waals surface area contributed by atoms with E-state index in [1.807, 2.05) is 4.98 Å². The van der Waals surface area contributed by atoms with E-state index < -0.39 is 11.2 Å². The fraction of sp³-hybridized carbons (Fsp3) is 0. The van der Waals surface area contributed by atoms with Crippen LogP contribution in [-0.4, -0.2) is 25.0 Å². The molecule has 0 aliphatic heterocycles. The molecule has 0 aliphatic carbocycles. The van der Waals surface area contributed by atoms with Gasteiger partial charge in [0.1, 0.15) is 17.1 Å². The third kappa shape index (κ3) is 2.19. The van der Waals surface area contributed by atoms with E-state index in [9.17, 15) is 14.7 Å². The Kier molecular flexibility index (Phi) is 3.20. The number of H-pyrrole nitrogens is 3. The fourth-order valence-electron chi connectivity index (χ4n) is 1.85. The van der Waals surface area contributed by atoms with Gasteiger partial charge in [0.05, 0.1) is 20.6 Å². The number of hydrogen-bond acceptors (Lipinski definition) is 4. The molecule has 2 heterocycles. The standard InChI is InChI=1S/C11H5Cl3N4O3/c12-2-1-3(13)7(19)4(5(2)14)8-15-6-9(16-8)17-11(21)18-10(6)20/h1,19H,(H3,15,16,17,18,20,21). The molecular weight excluding hydrogens is 343 g/mol. The highest BCUT2D eigenvalue weighted by Crippen LogP contribution is 2.43. The zero-order valence-electron chi connectivity index (χ0n) is 9.92. The molecule has 21 heavy (non-hydrogen) atoms. The number of imidazole rings is 1. The summed E-state index contributed by atoms with van der Waals surface area (Å²) in [5.41, 5.74) is -1.28. The number of phenols is 1. The van der Waals surface area contributed by atoms with Gasteiger partial charge in [0.15, 0.2) is 5.65 Å². The number of fused-ring (bicyclic) bond motifs is 1. The van der Waals surface area contributed by atoms with Gasteiger partial charge in [0, 0.05) is 0 Å². The van der Waals surface area contributed by atoms with Crippen LogP contribution in [0.25, 0.3) is 22.6 Å². The Labute approximate surface area is 130 Å². The Morgan fingerprint density at radius 3 is 2.48 bits per heavy atom. The summed E-state index contributed by atoms with van der Waals surface area (Å²) in [5.74, 6) is -0.298. The zero-order valence-corrected chi connectivity index (χ0v) is 12.2. The van der Waals surface area contributed by atoms with E-state index in [-0.39, 0.29) is 43.4 Å². The van der Waals surface area contributed by atoms with Crippen molar-refractivity contribution in [3.63, 3.8) is 0 Å². The maximum Gasteiger partial charge on any atom is 0.327 e. The lowest BCUT2D eigenvalue weighted by atomic mass is 10.2. The van der Waals surface area contributed by atoms with Crippen LogP contribution >= 0.6 is 34.8 Å². The van der Waals surface area contributed by atoms with Gasteiger partial charge in [-0.3, -0.25) is 14.8 Å². The Morgan fingerprint density at radius 2 is 1.76 bits per heavy atom. The first-order valence-electron chi connectivity index (χ1n) is 5.47. The van der Waals surface area contributed by atoms with E-state index >= 15 is 0 Å². The van der Waals surface area contributed by atoms with Gasteiger partial charge in [0.25, 0.3) is 5.56 Å². The van der Waals surface area contributed by atoms with Gasteiger partial charge in [-0.05, 0) is 6.07 Å².